The lowest BCUT2D eigenvalue weighted by Crippen LogP contribution is -2.41. The van der Waals surface area contributed by atoms with Crippen LogP contribution in [-0.4, -0.2) is 39.2 Å². The molecule has 1 atom stereocenters. The van der Waals surface area contributed by atoms with Crippen LogP contribution >= 0.6 is 11.8 Å². The maximum absolute atomic E-state index is 12.1. The number of carboxylic acids is 1. The van der Waals surface area contributed by atoms with E-state index in [1.807, 2.05) is 0 Å². The number of carbonyl (C=O) groups is 2. The Bertz CT molecular complexity index is 633. The first-order valence-corrected chi connectivity index (χ1v) is 6.75. The fourth-order valence-electron chi connectivity index (χ4n) is 1.52. The van der Waals surface area contributed by atoms with Crippen LogP contribution in [-0.2, 0) is 4.79 Å². The lowest BCUT2D eigenvalue weighted by Gasteiger charge is -2.14. The number of thioether (sulfide) groups is 1. The minimum atomic E-state index is -1.22. The molecule has 0 fully saturated rings. The maximum Gasteiger partial charge on any atom is 0.346 e. The van der Waals surface area contributed by atoms with Crippen molar-refractivity contribution in [2.75, 3.05) is 6.26 Å². The van der Waals surface area contributed by atoms with E-state index in [4.69, 9.17) is 11.5 Å². The summed E-state index contributed by atoms with van der Waals surface area (Å²) < 4.78 is 0. The van der Waals surface area contributed by atoms with Gasteiger partial charge in [0.25, 0.3) is 5.91 Å². The van der Waals surface area contributed by atoms with Gasteiger partial charge in [-0.25, -0.2) is 9.59 Å². The molecule has 0 spiro atoms. The number of H-pyrrole nitrogens is 1. The van der Waals surface area contributed by atoms with E-state index in [1.54, 1.807) is 6.26 Å². The molecule has 0 aromatic carbocycles. The summed E-state index contributed by atoms with van der Waals surface area (Å²) in [5.41, 5.74) is -0.112. The second-order valence-electron chi connectivity index (χ2n) is 3.82. The number of carbonyl (C=O) groups excluding carboxylic acids is 1. The van der Waals surface area contributed by atoms with E-state index >= 15 is 0 Å². The fraction of sp³-hybridized carbons (Fsp3) is 0.333. The number of aliphatic carboxylic acids is 1. The van der Waals surface area contributed by atoms with Gasteiger partial charge in [0.1, 0.15) is 11.1 Å². The maximum atomic E-state index is 12.1. The van der Waals surface area contributed by atoms with Crippen molar-refractivity contribution in [3.05, 3.63) is 21.7 Å². The van der Waals surface area contributed by atoms with Crippen molar-refractivity contribution in [3.8, 4) is 12.3 Å². The summed E-state index contributed by atoms with van der Waals surface area (Å²) in [7, 11) is 0. The van der Waals surface area contributed by atoms with Crippen molar-refractivity contribution < 1.29 is 14.7 Å². The van der Waals surface area contributed by atoms with E-state index in [0.717, 1.165) is 11.8 Å². The van der Waals surface area contributed by atoms with E-state index < -0.39 is 23.6 Å². The zero-order valence-electron chi connectivity index (χ0n) is 10.9. The molecule has 8 heteroatoms. The molecule has 1 unspecified atom stereocenters. The average molecular weight is 295 g/mol. The van der Waals surface area contributed by atoms with Gasteiger partial charge in [-0.2, -0.15) is 4.98 Å². The number of hydrogen-bond acceptors (Lipinski definition) is 5. The SMILES string of the molecule is C#CCC(NC(=O)c1c(SC)nc(=O)[nH]c1C)C(=O)O. The third-order valence-electron chi connectivity index (χ3n) is 2.43. The van der Waals surface area contributed by atoms with Crippen LogP contribution in [0.1, 0.15) is 22.5 Å². The Kier molecular flexibility index (Phi) is 5.34. The third-order valence-corrected chi connectivity index (χ3v) is 3.11. The first kappa shape index (κ1) is 15.8. The van der Waals surface area contributed by atoms with Gasteiger partial charge in [-0.15, -0.1) is 24.1 Å². The van der Waals surface area contributed by atoms with Gasteiger partial charge >= 0.3 is 11.7 Å². The van der Waals surface area contributed by atoms with Gasteiger partial charge in [-0.05, 0) is 13.2 Å². The highest BCUT2D eigenvalue weighted by atomic mass is 32.2. The minimum Gasteiger partial charge on any atom is -0.480 e. The van der Waals surface area contributed by atoms with E-state index in [2.05, 4.69) is 21.2 Å². The Morgan fingerprint density at radius 2 is 2.25 bits per heavy atom. The number of terminal acetylenes is 1. The molecule has 1 heterocycles. The smallest absolute Gasteiger partial charge is 0.346 e. The first-order valence-electron chi connectivity index (χ1n) is 5.52. The third kappa shape index (κ3) is 3.61. The van der Waals surface area contributed by atoms with Crippen LogP contribution < -0.4 is 11.0 Å². The summed E-state index contributed by atoms with van der Waals surface area (Å²) >= 11 is 1.12. The van der Waals surface area contributed by atoms with Crippen LogP contribution in [0.5, 0.6) is 0 Å². The Morgan fingerprint density at radius 3 is 2.75 bits per heavy atom. The van der Waals surface area contributed by atoms with Crippen LogP contribution in [0.3, 0.4) is 0 Å². The molecule has 0 bridgehead atoms. The van der Waals surface area contributed by atoms with E-state index in [0.29, 0.717) is 5.69 Å². The van der Waals surface area contributed by atoms with E-state index in [-0.39, 0.29) is 17.0 Å². The van der Waals surface area contributed by atoms with Crippen LogP contribution in [0, 0.1) is 19.3 Å². The second-order valence-corrected chi connectivity index (χ2v) is 4.62. The van der Waals surface area contributed by atoms with Crippen molar-refractivity contribution >= 4 is 23.6 Å². The second kappa shape index (κ2) is 6.77. The van der Waals surface area contributed by atoms with Crippen molar-refractivity contribution in [3.63, 3.8) is 0 Å². The summed E-state index contributed by atoms with van der Waals surface area (Å²) in [5.74, 6) is 0.319. The molecule has 1 amide bonds. The molecule has 0 aliphatic carbocycles. The molecule has 0 radical (unpaired) electrons. The molecule has 1 aromatic rings. The number of carboxylic acid groups (broad SMARTS) is 1. The Balaban J connectivity index is 3.12. The Labute approximate surface area is 119 Å². The number of amides is 1. The summed E-state index contributed by atoms with van der Waals surface area (Å²) in [5, 5.41) is 11.5. The topological polar surface area (TPSA) is 112 Å². The highest BCUT2D eigenvalue weighted by Gasteiger charge is 2.23. The Hall–Kier alpha value is -2.27. The van der Waals surface area contributed by atoms with Gasteiger partial charge in [-0.1, -0.05) is 0 Å². The highest BCUT2D eigenvalue weighted by Crippen LogP contribution is 2.18. The summed E-state index contributed by atoms with van der Waals surface area (Å²) in [6, 6.07) is -1.19. The van der Waals surface area contributed by atoms with Crippen molar-refractivity contribution in [1.82, 2.24) is 15.3 Å². The molecular weight excluding hydrogens is 282 g/mol. The lowest BCUT2D eigenvalue weighted by atomic mass is 10.1. The number of rotatable bonds is 5. The van der Waals surface area contributed by atoms with Crippen LogP contribution in [0.15, 0.2) is 9.82 Å². The molecule has 20 heavy (non-hydrogen) atoms. The van der Waals surface area contributed by atoms with E-state index in [1.165, 1.54) is 6.92 Å². The van der Waals surface area contributed by atoms with Crippen molar-refractivity contribution in [1.29, 1.82) is 0 Å². The normalized spacial score (nSPS) is 11.4. The summed E-state index contributed by atoms with van der Waals surface area (Å²) in [6.07, 6.45) is 6.59. The molecule has 106 valence electrons. The first-order chi connectivity index (χ1) is 9.40. The molecule has 3 N–H and O–H groups in total. The van der Waals surface area contributed by atoms with Gasteiger partial charge in [0.15, 0.2) is 0 Å². The standard InChI is InChI=1S/C12H13N3O4S/c1-4-5-7(11(17)18)14-9(16)8-6(2)13-12(19)15-10(8)20-3/h1,7H,5H2,2-3H3,(H,14,16)(H,17,18)(H,13,15,19). The summed E-state index contributed by atoms with van der Waals surface area (Å²) in [6.45, 7) is 1.54. The van der Waals surface area contributed by atoms with Gasteiger partial charge in [0.05, 0.1) is 5.56 Å². The number of aryl methyl sites for hydroxylation is 1. The number of hydrogen-bond donors (Lipinski definition) is 3. The van der Waals surface area contributed by atoms with E-state index in [9.17, 15) is 14.4 Å². The molecule has 0 aliphatic rings. The van der Waals surface area contributed by atoms with Gasteiger partial charge in [-0.3, -0.25) is 4.79 Å². The quantitative estimate of drug-likeness (QED) is 0.401. The predicted octanol–water partition coefficient (Wildman–Crippen LogP) is 0.00652. The zero-order chi connectivity index (χ0) is 15.3. The van der Waals surface area contributed by atoms with Crippen LogP contribution in [0.4, 0.5) is 0 Å². The number of aromatic nitrogens is 2. The monoisotopic (exact) mass is 295 g/mol. The van der Waals surface area contributed by atoms with Crippen molar-refractivity contribution in [2.45, 2.75) is 24.4 Å². The number of nitrogens with one attached hydrogen (secondary N) is 2. The molecule has 0 aliphatic heterocycles. The van der Waals surface area contributed by atoms with Crippen LogP contribution in [0.25, 0.3) is 0 Å². The van der Waals surface area contributed by atoms with Crippen molar-refractivity contribution in [2.24, 2.45) is 0 Å². The largest absolute Gasteiger partial charge is 0.480 e. The molecule has 0 saturated carbocycles. The fourth-order valence-corrected chi connectivity index (χ4v) is 2.15. The molecule has 1 rings (SSSR count). The molecule has 0 saturated heterocycles. The molecular formula is C12H13N3O4S. The number of nitrogens with zero attached hydrogens (tertiary/aromatic N) is 1. The predicted molar refractivity (Wildman–Crippen MR) is 73.7 cm³/mol. The van der Waals surface area contributed by atoms with Crippen LogP contribution in [0.2, 0.25) is 0 Å². The Morgan fingerprint density at radius 1 is 1.60 bits per heavy atom. The average Bonchev–Trinajstić information content (AvgIpc) is 2.36. The highest BCUT2D eigenvalue weighted by molar-refractivity contribution is 7.98. The molecule has 1 aromatic heterocycles. The van der Waals surface area contributed by atoms with Gasteiger partial charge < -0.3 is 15.4 Å². The lowest BCUT2D eigenvalue weighted by molar-refractivity contribution is -0.139. The van der Waals surface area contributed by atoms with Gasteiger partial charge in [0, 0.05) is 12.1 Å². The molecule has 7 nitrogen and oxygen atoms in total. The summed E-state index contributed by atoms with van der Waals surface area (Å²) in [4.78, 5) is 40.4. The number of aromatic amines is 1. The minimum absolute atomic E-state index is 0.133. The zero-order valence-corrected chi connectivity index (χ0v) is 11.7. The van der Waals surface area contributed by atoms with Gasteiger partial charge in [0.2, 0.25) is 0 Å².